The first kappa shape index (κ1) is 10.5. The van der Waals surface area contributed by atoms with Crippen LogP contribution in [0.4, 0.5) is 0 Å². The van der Waals surface area contributed by atoms with Gasteiger partial charge in [0.1, 0.15) is 0 Å². The van der Waals surface area contributed by atoms with Gasteiger partial charge in [-0.25, -0.2) is 0 Å². The van der Waals surface area contributed by atoms with Gasteiger partial charge in [-0.3, -0.25) is 0 Å². The van der Waals surface area contributed by atoms with Gasteiger partial charge in [0.2, 0.25) is 0 Å². The molecule has 0 bridgehead atoms. The van der Waals surface area contributed by atoms with Gasteiger partial charge >= 0.3 is 0 Å². The highest BCUT2D eigenvalue weighted by Gasteiger charge is 2.37. The molecular weight excluding hydrogens is 160 g/mol. The summed E-state index contributed by atoms with van der Waals surface area (Å²) in [6.45, 7) is 12.4. The SMILES string of the molecule is C=C(C(C)O)[C@@H]1CC=C(C)C1(C)C. The van der Waals surface area contributed by atoms with Crippen molar-refractivity contribution in [2.75, 3.05) is 0 Å². The monoisotopic (exact) mass is 180 g/mol. The molecule has 0 spiro atoms. The topological polar surface area (TPSA) is 20.2 Å². The molecule has 0 amide bonds. The van der Waals surface area contributed by atoms with Crippen LogP contribution in [0, 0.1) is 11.3 Å². The number of hydrogen-bond donors (Lipinski definition) is 1. The van der Waals surface area contributed by atoms with Crippen molar-refractivity contribution in [2.24, 2.45) is 11.3 Å². The van der Waals surface area contributed by atoms with Gasteiger partial charge in [-0.15, -0.1) is 0 Å². The van der Waals surface area contributed by atoms with Gasteiger partial charge in [-0.2, -0.15) is 0 Å². The molecule has 0 aromatic heterocycles. The summed E-state index contributed by atoms with van der Waals surface area (Å²) in [5.41, 5.74) is 2.56. The number of aliphatic hydroxyl groups excluding tert-OH is 1. The van der Waals surface area contributed by atoms with Crippen LogP contribution in [0.3, 0.4) is 0 Å². The highest BCUT2D eigenvalue weighted by Crippen LogP contribution is 2.46. The summed E-state index contributed by atoms with van der Waals surface area (Å²) in [5.74, 6) is 0.410. The Morgan fingerprint density at radius 2 is 2.23 bits per heavy atom. The third kappa shape index (κ3) is 1.71. The van der Waals surface area contributed by atoms with Gasteiger partial charge in [-0.1, -0.05) is 32.1 Å². The van der Waals surface area contributed by atoms with Gasteiger partial charge in [-0.05, 0) is 37.2 Å². The van der Waals surface area contributed by atoms with E-state index in [0.29, 0.717) is 5.92 Å². The predicted molar refractivity (Wildman–Crippen MR) is 56.5 cm³/mol. The van der Waals surface area contributed by atoms with Gasteiger partial charge in [0.05, 0.1) is 6.10 Å². The van der Waals surface area contributed by atoms with Gasteiger partial charge in [0.25, 0.3) is 0 Å². The van der Waals surface area contributed by atoms with Crippen molar-refractivity contribution in [1.82, 2.24) is 0 Å². The van der Waals surface area contributed by atoms with Crippen LogP contribution in [0.1, 0.15) is 34.1 Å². The van der Waals surface area contributed by atoms with Gasteiger partial charge in [0.15, 0.2) is 0 Å². The van der Waals surface area contributed by atoms with E-state index < -0.39 is 0 Å². The third-order valence-electron chi connectivity index (χ3n) is 3.53. The fraction of sp³-hybridized carbons (Fsp3) is 0.667. The van der Waals surface area contributed by atoms with Crippen molar-refractivity contribution in [3.05, 3.63) is 23.8 Å². The van der Waals surface area contributed by atoms with Crippen molar-refractivity contribution in [1.29, 1.82) is 0 Å². The fourth-order valence-electron chi connectivity index (χ4n) is 2.03. The highest BCUT2D eigenvalue weighted by molar-refractivity contribution is 5.26. The van der Waals surface area contributed by atoms with Crippen LogP contribution < -0.4 is 0 Å². The van der Waals surface area contributed by atoms with Crippen molar-refractivity contribution in [3.63, 3.8) is 0 Å². The molecular formula is C12H20O. The molecule has 0 aliphatic heterocycles. The molecule has 1 aliphatic rings. The van der Waals surface area contributed by atoms with E-state index in [4.69, 9.17) is 0 Å². The smallest absolute Gasteiger partial charge is 0.0722 e. The molecule has 0 radical (unpaired) electrons. The summed E-state index contributed by atoms with van der Waals surface area (Å²) >= 11 is 0. The van der Waals surface area contributed by atoms with Gasteiger partial charge in [0, 0.05) is 0 Å². The number of aliphatic hydroxyl groups is 1. The summed E-state index contributed by atoms with van der Waals surface area (Å²) in [6, 6.07) is 0. The number of rotatable bonds is 2. The molecule has 1 unspecified atom stereocenters. The molecule has 1 nitrogen and oxygen atoms in total. The van der Waals surface area contributed by atoms with Crippen LogP contribution in [0.5, 0.6) is 0 Å². The zero-order valence-electron chi connectivity index (χ0n) is 9.09. The quantitative estimate of drug-likeness (QED) is 0.648. The molecule has 0 aromatic rings. The maximum Gasteiger partial charge on any atom is 0.0722 e. The van der Waals surface area contributed by atoms with Crippen LogP contribution in [0.2, 0.25) is 0 Å². The Balaban J connectivity index is 2.82. The largest absolute Gasteiger partial charge is 0.389 e. The predicted octanol–water partition coefficient (Wildman–Crippen LogP) is 2.92. The molecule has 0 saturated carbocycles. The lowest BCUT2D eigenvalue weighted by Gasteiger charge is -2.32. The van der Waals surface area contributed by atoms with E-state index in [0.717, 1.165) is 12.0 Å². The zero-order chi connectivity index (χ0) is 10.2. The van der Waals surface area contributed by atoms with E-state index >= 15 is 0 Å². The lowest BCUT2D eigenvalue weighted by molar-refractivity contribution is 0.195. The molecule has 1 N–H and O–H groups in total. The molecule has 0 fully saturated rings. The van der Waals surface area contributed by atoms with Crippen LogP contribution in [-0.4, -0.2) is 11.2 Å². The number of hydrogen-bond acceptors (Lipinski definition) is 1. The normalized spacial score (nSPS) is 28.4. The first-order valence-electron chi connectivity index (χ1n) is 4.91. The summed E-state index contributed by atoms with van der Waals surface area (Å²) in [7, 11) is 0. The Morgan fingerprint density at radius 1 is 1.69 bits per heavy atom. The maximum absolute atomic E-state index is 9.48. The van der Waals surface area contributed by atoms with E-state index in [1.54, 1.807) is 6.92 Å². The van der Waals surface area contributed by atoms with Crippen LogP contribution in [-0.2, 0) is 0 Å². The zero-order valence-corrected chi connectivity index (χ0v) is 9.09. The van der Waals surface area contributed by atoms with Crippen LogP contribution >= 0.6 is 0 Å². The fourth-order valence-corrected chi connectivity index (χ4v) is 2.03. The van der Waals surface area contributed by atoms with E-state index in [-0.39, 0.29) is 11.5 Å². The van der Waals surface area contributed by atoms with Crippen molar-refractivity contribution in [2.45, 2.75) is 40.2 Å². The lowest BCUT2D eigenvalue weighted by atomic mass is 9.73. The van der Waals surface area contributed by atoms with E-state index in [1.165, 1.54) is 5.57 Å². The molecule has 13 heavy (non-hydrogen) atoms. The minimum atomic E-state index is -0.386. The summed E-state index contributed by atoms with van der Waals surface area (Å²) in [6.07, 6.45) is 2.91. The van der Waals surface area contributed by atoms with Crippen molar-refractivity contribution < 1.29 is 5.11 Å². The summed E-state index contributed by atoms with van der Waals surface area (Å²) < 4.78 is 0. The second-order valence-corrected chi connectivity index (χ2v) is 4.65. The lowest BCUT2D eigenvalue weighted by Crippen LogP contribution is -2.26. The average molecular weight is 180 g/mol. The Labute approximate surface area is 81.2 Å². The molecule has 0 heterocycles. The van der Waals surface area contributed by atoms with E-state index in [9.17, 15) is 5.11 Å². The Morgan fingerprint density at radius 3 is 2.54 bits per heavy atom. The number of allylic oxidation sites excluding steroid dienone is 2. The first-order chi connectivity index (χ1) is 5.87. The molecule has 1 aliphatic carbocycles. The molecule has 0 saturated heterocycles. The Kier molecular flexibility index (Phi) is 2.67. The van der Waals surface area contributed by atoms with E-state index in [1.807, 2.05) is 0 Å². The van der Waals surface area contributed by atoms with Gasteiger partial charge < -0.3 is 5.11 Å². The second kappa shape index (κ2) is 3.30. The summed E-state index contributed by atoms with van der Waals surface area (Å²) in [4.78, 5) is 0. The molecule has 1 heteroatoms. The Bertz CT molecular complexity index is 246. The standard InChI is InChI=1S/C12H20O/c1-8-6-7-11(12(8,4)5)9(2)10(3)13/h6,10-11,13H,2,7H2,1,3-5H3/t10?,11-/m0/s1. The minimum absolute atomic E-state index is 0.175. The average Bonchev–Trinajstić information content (AvgIpc) is 2.26. The van der Waals surface area contributed by atoms with Crippen molar-refractivity contribution >= 4 is 0 Å². The van der Waals surface area contributed by atoms with Crippen LogP contribution in [0.25, 0.3) is 0 Å². The minimum Gasteiger partial charge on any atom is -0.389 e. The molecule has 74 valence electrons. The second-order valence-electron chi connectivity index (χ2n) is 4.65. The molecule has 1 rings (SSSR count). The van der Waals surface area contributed by atoms with E-state index in [2.05, 4.69) is 33.4 Å². The molecule has 0 aromatic carbocycles. The van der Waals surface area contributed by atoms with Crippen molar-refractivity contribution in [3.8, 4) is 0 Å². The highest BCUT2D eigenvalue weighted by atomic mass is 16.3. The maximum atomic E-state index is 9.48. The van der Waals surface area contributed by atoms with Crippen LogP contribution in [0.15, 0.2) is 23.8 Å². The first-order valence-corrected chi connectivity index (χ1v) is 4.91. The summed E-state index contributed by atoms with van der Waals surface area (Å²) in [5, 5.41) is 9.48. The molecule has 2 atom stereocenters. The Hall–Kier alpha value is -0.560. The third-order valence-corrected chi connectivity index (χ3v) is 3.53.